The van der Waals surface area contributed by atoms with Crippen molar-refractivity contribution < 1.29 is 9.53 Å². The number of nitrogens with zero attached hydrogens (tertiary/aromatic N) is 2. The van der Waals surface area contributed by atoms with Crippen LogP contribution in [0.3, 0.4) is 0 Å². The second-order valence-electron chi connectivity index (χ2n) is 5.16. The van der Waals surface area contributed by atoms with E-state index in [0.717, 1.165) is 38.3 Å². The van der Waals surface area contributed by atoms with Gasteiger partial charge in [0.05, 0.1) is 0 Å². The normalized spacial score (nSPS) is 16.2. The molecule has 0 unspecified atom stereocenters. The van der Waals surface area contributed by atoms with Crippen molar-refractivity contribution in [2.45, 2.75) is 6.42 Å². The van der Waals surface area contributed by atoms with E-state index in [2.05, 4.69) is 11.9 Å². The van der Waals surface area contributed by atoms with E-state index in [4.69, 9.17) is 10.5 Å². The molecule has 5 nitrogen and oxygen atoms in total. The largest absolute Gasteiger partial charge is 0.484 e. The van der Waals surface area contributed by atoms with Gasteiger partial charge < -0.3 is 20.3 Å². The number of carbonyl (C=O) groups is 1. The summed E-state index contributed by atoms with van der Waals surface area (Å²) in [6.07, 6.45) is 0.862. The molecule has 20 heavy (non-hydrogen) atoms. The van der Waals surface area contributed by atoms with Gasteiger partial charge in [-0.1, -0.05) is 12.1 Å². The van der Waals surface area contributed by atoms with Gasteiger partial charge in [-0.15, -0.1) is 0 Å². The minimum atomic E-state index is 0.0594. The Morgan fingerprint density at radius 1 is 1.20 bits per heavy atom. The minimum absolute atomic E-state index is 0.0594. The standard InChI is InChI=1S/C15H23N3O2/c1-17-8-10-18(11-9-17)15(19)12-20-14-4-2-13(3-5-14)6-7-16/h2-5H,6-12,16H2,1H3. The predicted molar refractivity (Wildman–Crippen MR) is 78.8 cm³/mol. The fourth-order valence-corrected chi connectivity index (χ4v) is 2.21. The van der Waals surface area contributed by atoms with Crippen LogP contribution in [-0.2, 0) is 11.2 Å². The van der Waals surface area contributed by atoms with Crippen LogP contribution in [-0.4, -0.2) is 62.1 Å². The van der Waals surface area contributed by atoms with Crippen LogP contribution in [0.2, 0.25) is 0 Å². The molecule has 0 radical (unpaired) electrons. The molecule has 1 saturated heterocycles. The number of likely N-dealkylation sites (N-methyl/N-ethyl adjacent to an activating group) is 1. The van der Waals surface area contributed by atoms with Crippen LogP contribution in [0.15, 0.2) is 24.3 Å². The average molecular weight is 277 g/mol. The summed E-state index contributed by atoms with van der Waals surface area (Å²) in [5.74, 6) is 0.789. The van der Waals surface area contributed by atoms with Crippen molar-refractivity contribution >= 4 is 5.91 Å². The van der Waals surface area contributed by atoms with Crippen LogP contribution in [0.25, 0.3) is 0 Å². The molecule has 1 amide bonds. The number of amides is 1. The summed E-state index contributed by atoms with van der Waals surface area (Å²) in [7, 11) is 2.07. The van der Waals surface area contributed by atoms with Gasteiger partial charge in [-0.2, -0.15) is 0 Å². The van der Waals surface area contributed by atoms with Crippen molar-refractivity contribution in [3.63, 3.8) is 0 Å². The predicted octanol–water partition coefficient (Wildman–Crippen LogP) is 0.341. The maximum Gasteiger partial charge on any atom is 0.260 e. The third-order valence-corrected chi connectivity index (χ3v) is 3.57. The van der Waals surface area contributed by atoms with Crippen LogP contribution in [0, 0.1) is 0 Å². The van der Waals surface area contributed by atoms with E-state index in [0.29, 0.717) is 6.54 Å². The van der Waals surface area contributed by atoms with E-state index >= 15 is 0 Å². The number of ether oxygens (including phenoxy) is 1. The smallest absolute Gasteiger partial charge is 0.260 e. The highest BCUT2D eigenvalue weighted by molar-refractivity contribution is 5.77. The van der Waals surface area contributed by atoms with E-state index in [1.165, 1.54) is 5.56 Å². The van der Waals surface area contributed by atoms with Gasteiger partial charge in [0.15, 0.2) is 6.61 Å². The third kappa shape index (κ3) is 4.21. The molecule has 0 atom stereocenters. The number of piperazine rings is 1. The Morgan fingerprint density at radius 2 is 1.85 bits per heavy atom. The molecule has 1 aromatic rings. The fourth-order valence-electron chi connectivity index (χ4n) is 2.21. The van der Waals surface area contributed by atoms with Crippen molar-refractivity contribution in [3.05, 3.63) is 29.8 Å². The fraction of sp³-hybridized carbons (Fsp3) is 0.533. The number of benzene rings is 1. The van der Waals surface area contributed by atoms with Gasteiger partial charge in [0.2, 0.25) is 0 Å². The molecule has 1 aliphatic heterocycles. The van der Waals surface area contributed by atoms with Gasteiger partial charge in [-0.3, -0.25) is 4.79 Å². The lowest BCUT2D eigenvalue weighted by Gasteiger charge is -2.32. The highest BCUT2D eigenvalue weighted by Gasteiger charge is 2.19. The van der Waals surface area contributed by atoms with Crippen LogP contribution >= 0.6 is 0 Å². The molecule has 0 aromatic heterocycles. The van der Waals surface area contributed by atoms with Crippen LogP contribution in [0.1, 0.15) is 5.56 Å². The molecule has 1 aromatic carbocycles. The zero-order valence-corrected chi connectivity index (χ0v) is 12.0. The number of hydrogen-bond donors (Lipinski definition) is 1. The van der Waals surface area contributed by atoms with E-state index in [-0.39, 0.29) is 12.5 Å². The minimum Gasteiger partial charge on any atom is -0.484 e. The number of nitrogens with two attached hydrogens (primary N) is 1. The van der Waals surface area contributed by atoms with E-state index in [1.54, 1.807) is 0 Å². The lowest BCUT2D eigenvalue weighted by atomic mass is 10.1. The quantitative estimate of drug-likeness (QED) is 0.843. The summed E-state index contributed by atoms with van der Waals surface area (Å²) in [5.41, 5.74) is 6.69. The molecule has 5 heteroatoms. The first-order valence-electron chi connectivity index (χ1n) is 7.07. The Labute approximate surface area is 120 Å². The molecular formula is C15H23N3O2. The van der Waals surface area contributed by atoms with Gasteiger partial charge in [-0.25, -0.2) is 0 Å². The van der Waals surface area contributed by atoms with Gasteiger partial charge in [0.25, 0.3) is 5.91 Å². The number of hydrogen-bond acceptors (Lipinski definition) is 4. The van der Waals surface area contributed by atoms with Gasteiger partial charge >= 0.3 is 0 Å². The van der Waals surface area contributed by atoms with Crippen molar-refractivity contribution in [3.8, 4) is 5.75 Å². The monoisotopic (exact) mass is 277 g/mol. The topological polar surface area (TPSA) is 58.8 Å². The highest BCUT2D eigenvalue weighted by Crippen LogP contribution is 2.12. The van der Waals surface area contributed by atoms with Gasteiger partial charge in [0, 0.05) is 26.2 Å². The summed E-state index contributed by atoms with van der Waals surface area (Å²) in [6.45, 7) is 4.18. The molecule has 1 heterocycles. The van der Waals surface area contributed by atoms with E-state index < -0.39 is 0 Å². The lowest BCUT2D eigenvalue weighted by molar-refractivity contribution is -0.134. The summed E-state index contributed by atoms with van der Waals surface area (Å²) in [4.78, 5) is 16.1. The second-order valence-corrected chi connectivity index (χ2v) is 5.16. The first-order chi connectivity index (χ1) is 9.69. The van der Waals surface area contributed by atoms with Crippen molar-refractivity contribution in [1.29, 1.82) is 0 Å². The molecule has 2 N–H and O–H groups in total. The van der Waals surface area contributed by atoms with E-state index in [1.807, 2.05) is 29.2 Å². The summed E-state index contributed by atoms with van der Waals surface area (Å²) in [6, 6.07) is 7.76. The average Bonchev–Trinajstić information content (AvgIpc) is 2.47. The van der Waals surface area contributed by atoms with Crippen LogP contribution < -0.4 is 10.5 Å². The Bertz CT molecular complexity index is 425. The summed E-state index contributed by atoms with van der Waals surface area (Å²) >= 11 is 0. The second kappa shape index (κ2) is 7.26. The maximum atomic E-state index is 12.0. The van der Waals surface area contributed by atoms with Crippen LogP contribution in [0.5, 0.6) is 5.75 Å². The summed E-state index contributed by atoms with van der Waals surface area (Å²) in [5, 5.41) is 0. The zero-order chi connectivity index (χ0) is 14.4. The van der Waals surface area contributed by atoms with Gasteiger partial charge in [-0.05, 0) is 37.7 Å². The first kappa shape index (κ1) is 14.8. The zero-order valence-electron chi connectivity index (χ0n) is 12.0. The maximum absolute atomic E-state index is 12.0. The summed E-state index contributed by atoms with van der Waals surface area (Å²) < 4.78 is 5.54. The third-order valence-electron chi connectivity index (χ3n) is 3.57. The van der Waals surface area contributed by atoms with E-state index in [9.17, 15) is 4.79 Å². The molecule has 1 aliphatic rings. The Balaban J connectivity index is 1.78. The highest BCUT2D eigenvalue weighted by atomic mass is 16.5. The number of carbonyl (C=O) groups excluding carboxylic acids is 1. The molecule has 0 spiro atoms. The first-order valence-corrected chi connectivity index (χ1v) is 7.07. The Kier molecular flexibility index (Phi) is 5.38. The molecule has 2 rings (SSSR count). The Hall–Kier alpha value is -1.59. The van der Waals surface area contributed by atoms with Crippen molar-refractivity contribution in [2.75, 3.05) is 46.4 Å². The molecule has 0 aliphatic carbocycles. The van der Waals surface area contributed by atoms with Crippen molar-refractivity contribution in [1.82, 2.24) is 9.80 Å². The molecule has 0 bridgehead atoms. The van der Waals surface area contributed by atoms with Crippen molar-refractivity contribution in [2.24, 2.45) is 5.73 Å². The molecular weight excluding hydrogens is 254 g/mol. The molecule has 0 saturated carbocycles. The Morgan fingerprint density at radius 3 is 2.45 bits per heavy atom. The SMILES string of the molecule is CN1CCN(C(=O)COc2ccc(CCN)cc2)CC1. The lowest BCUT2D eigenvalue weighted by Crippen LogP contribution is -2.48. The van der Waals surface area contributed by atoms with Gasteiger partial charge in [0.1, 0.15) is 5.75 Å². The van der Waals surface area contributed by atoms with Crippen LogP contribution in [0.4, 0.5) is 0 Å². The number of rotatable bonds is 5. The molecule has 1 fully saturated rings. The molecule has 110 valence electrons.